The molecule has 3 aromatic rings. The van der Waals surface area contributed by atoms with Gasteiger partial charge in [0, 0.05) is 18.7 Å². The van der Waals surface area contributed by atoms with Crippen molar-refractivity contribution >= 4 is 27.3 Å². The number of ether oxygens (including phenoxy) is 1. The van der Waals surface area contributed by atoms with Crippen LogP contribution in [-0.4, -0.2) is 53.6 Å². The standard InChI is InChI=1S/C23H21ClN4O4S/c1-15-22(16(2)28(26-15)19-6-3-18(14-25)21(24)13-19)32-20-7-4-17(5-8-20)23(29)27-9-11-33(30,31)12-10-27/h3-8,13H,9-12H2,1-2H3. The lowest BCUT2D eigenvalue weighted by molar-refractivity contribution is 0.0770. The molecule has 170 valence electrons. The minimum atomic E-state index is -3.05. The predicted octanol–water partition coefficient (Wildman–Crippen LogP) is 3.68. The molecule has 1 saturated heterocycles. The van der Waals surface area contributed by atoms with Crippen molar-refractivity contribution in [3.63, 3.8) is 0 Å². The fourth-order valence-corrected chi connectivity index (χ4v) is 5.05. The zero-order chi connectivity index (χ0) is 23.8. The highest BCUT2D eigenvalue weighted by Crippen LogP contribution is 2.31. The first-order chi connectivity index (χ1) is 15.7. The lowest BCUT2D eigenvalue weighted by Gasteiger charge is -2.26. The van der Waals surface area contributed by atoms with Crippen molar-refractivity contribution in [3.8, 4) is 23.3 Å². The van der Waals surface area contributed by atoms with Crippen molar-refractivity contribution < 1.29 is 17.9 Å². The number of nitriles is 1. The van der Waals surface area contributed by atoms with Crippen LogP contribution in [0, 0.1) is 25.2 Å². The quantitative estimate of drug-likeness (QED) is 0.559. The van der Waals surface area contributed by atoms with E-state index in [1.165, 1.54) is 0 Å². The molecule has 33 heavy (non-hydrogen) atoms. The number of sulfone groups is 1. The van der Waals surface area contributed by atoms with Gasteiger partial charge in [0.1, 0.15) is 17.5 Å². The molecule has 4 rings (SSSR count). The predicted molar refractivity (Wildman–Crippen MR) is 124 cm³/mol. The van der Waals surface area contributed by atoms with Gasteiger partial charge in [-0.15, -0.1) is 0 Å². The molecule has 1 fully saturated rings. The number of benzene rings is 2. The van der Waals surface area contributed by atoms with Crippen molar-refractivity contribution in [1.29, 1.82) is 5.26 Å². The Bertz CT molecular complexity index is 1360. The average molecular weight is 485 g/mol. The maximum absolute atomic E-state index is 12.7. The summed E-state index contributed by atoms with van der Waals surface area (Å²) in [5, 5.41) is 13.9. The molecule has 0 radical (unpaired) electrons. The topological polar surface area (TPSA) is 105 Å². The Morgan fingerprint density at radius 3 is 2.39 bits per heavy atom. The SMILES string of the molecule is Cc1nn(-c2ccc(C#N)c(Cl)c2)c(C)c1Oc1ccc(C(=O)N2CCS(=O)(=O)CC2)cc1. The van der Waals surface area contributed by atoms with Gasteiger partial charge in [0.25, 0.3) is 5.91 Å². The molecule has 0 N–H and O–H groups in total. The molecule has 0 aliphatic carbocycles. The summed E-state index contributed by atoms with van der Waals surface area (Å²) < 4.78 is 30.9. The van der Waals surface area contributed by atoms with E-state index in [9.17, 15) is 13.2 Å². The van der Waals surface area contributed by atoms with E-state index >= 15 is 0 Å². The highest BCUT2D eigenvalue weighted by Gasteiger charge is 2.25. The van der Waals surface area contributed by atoms with Crippen molar-refractivity contribution in [1.82, 2.24) is 14.7 Å². The zero-order valence-electron chi connectivity index (χ0n) is 18.1. The van der Waals surface area contributed by atoms with Gasteiger partial charge in [0.05, 0.1) is 33.5 Å². The number of nitrogens with zero attached hydrogens (tertiary/aromatic N) is 4. The largest absolute Gasteiger partial charge is 0.453 e. The molecule has 10 heteroatoms. The monoisotopic (exact) mass is 484 g/mol. The van der Waals surface area contributed by atoms with Crippen LogP contribution in [0.1, 0.15) is 27.3 Å². The van der Waals surface area contributed by atoms with Gasteiger partial charge in [-0.25, -0.2) is 13.1 Å². The molecule has 0 bridgehead atoms. The first-order valence-corrected chi connectivity index (χ1v) is 12.4. The number of carbonyl (C=O) groups excluding carboxylic acids is 1. The minimum Gasteiger partial charge on any atom is -0.453 e. The number of halogens is 1. The van der Waals surface area contributed by atoms with E-state index in [-0.39, 0.29) is 30.5 Å². The van der Waals surface area contributed by atoms with E-state index < -0.39 is 9.84 Å². The second kappa shape index (κ2) is 8.89. The smallest absolute Gasteiger partial charge is 0.253 e. The molecule has 1 aliphatic rings. The Morgan fingerprint density at radius 2 is 1.79 bits per heavy atom. The summed E-state index contributed by atoms with van der Waals surface area (Å²) in [6, 6.07) is 13.8. The van der Waals surface area contributed by atoms with Crippen LogP contribution in [0.5, 0.6) is 11.5 Å². The molecule has 2 aromatic carbocycles. The fourth-order valence-electron chi connectivity index (χ4n) is 3.64. The third-order valence-electron chi connectivity index (χ3n) is 5.50. The highest BCUT2D eigenvalue weighted by atomic mass is 35.5. The average Bonchev–Trinajstić information content (AvgIpc) is 3.07. The van der Waals surface area contributed by atoms with E-state index in [1.807, 2.05) is 19.9 Å². The summed E-state index contributed by atoms with van der Waals surface area (Å²) in [6.07, 6.45) is 0. The number of rotatable bonds is 4. The fraction of sp³-hybridized carbons (Fsp3) is 0.261. The van der Waals surface area contributed by atoms with Gasteiger partial charge in [-0.1, -0.05) is 11.6 Å². The molecule has 0 unspecified atom stereocenters. The van der Waals surface area contributed by atoms with Crippen molar-refractivity contribution in [3.05, 3.63) is 70.0 Å². The van der Waals surface area contributed by atoms with E-state index in [0.717, 1.165) is 5.69 Å². The van der Waals surface area contributed by atoms with Crippen LogP contribution in [0.3, 0.4) is 0 Å². The van der Waals surface area contributed by atoms with Gasteiger partial charge in [0.15, 0.2) is 15.6 Å². The van der Waals surface area contributed by atoms with Crippen LogP contribution < -0.4 is 4.74 Å². The van der Waals surface area contributed by atoms with E-state index in [4.69, 9.17) is 21.6 Å². The number of aromatic nitrogens is 2. The first-order valence-electron chi connectivity index (χ1n) is 10.2. The maximum Gasteiger partial charge on any atom is 0.253 e. The minimum absolute atomic E-state index is 0.00702. The van der Waals surface area contributed by atoms with Gasteiger partial charge < -0.3 is 9.64 Å². The number of carbonyl (C=O) groups is 1. The van der Waals surface area contributed by atoms with Crippen LogP contribution >= 0.6 is 11.6 Å². The van der Waals surface area contributed by atoms with E-state index in [1.54, 1.807) is 52.0 Å². The molecule has 0 saturated carbocycles. The summed E-state index contributed by atoms with van der Waals surface area (Å²) in [6.45, 7) is 4.10. The van der Waals surface area contributed by atoms with Gasteiger partial charge in [0.2, 0.25) is 0 Å². The molecule has 1 aromatic heterocycles. The zero-order valence-corrected chi connectivity index (χ0v) is 19.7. The van der Waals surface area contributed by atoms with Crippen LogP contribution in [0.2, 0.25) is 5.02 Å². The van der Waals surface area contributed by atoms with Gasteiger partial charge >= 0.3 is 0 Å². The molecular formula is C23H21ClN4O4S. The Balaban J connectivity index is 1.51. The van der Waals surface area contributed by atoms with Gasteiger partial charge in [-0.3, -0.25) is 4.79 Å². The summed E-state index contributed by atoms with van der Waals surface area (Å²) in [4.78, 5) is 14.2. The molecule has 0 spiro atoms. The summed E-state index contributed by atoms with van der Waals surface area (Å²) in [5.74, 6) is 0.904. The third-order valence-corrected chi connectivity index (χ3v) is 7.42. The van der Waals surface area contributed by atoms with Crippen LogP contribution in [0.4, 0.5) is 0 Å². The van der Waals surface area contributed by atoms with Gasteiger partial charge in [-0.05, 0) is 56.3 Å². The van der Waals surface area contributed by atoms with Crippen LogP contribution in [-0.2, 0) is 9.84 Å². The lowest BCUT2D eigenvalue weighted by Crippen LogP contribution is -2.43. The van der Waals surface area contributed by atoms with E-state index in [0.29, 0.717) is 39.0 Å². The van der Waals surface area contributed by atoms with E-state index in [2.05, 4.69) is 5.10 Å². The number of aryl methyl sites for hydroxylation is 1. The molecule has 0 atom stereocenters. The number of amides is 1. The second-order valence-electron chi connectivity index (χ2n) is 7.76. The van der Waals surface area contributed by atoms with Crippen molar-refractivity contribution in [2.45, 2.75) is 13.8 Å². The van der Waals surface area contributed by atoms with Crippen molar-refractivity contribution in [2.24, 2.45) is 0 Å². The number of hydrogen-bond donors (Lipinski definition) is 0. The lowest BCUT2D eigenvalue weighted by atomic mass is 10.2. The van der Waals surface area contributed by atoms with Crippen LogP contribution in [0.15, 0.2) is 42.5 Å². The first kappa shape index (κ1) is 22.8. The number of hydrogen-bond acceptors (Lipinski definition) is 6. The molecule has 2 heterocycles. The van der Waals surface area contributed by atoms with Crippen LogP contribution in [0.25, 0.3) is 5.69 Å². The Morgan fingerprint density at radius 1 is 1.12 bits per heavy atom. The summed E-state index contributed by atoms with van der Waals surface area (Å²) in [7, 11) is -3.05. The molecule has 1 aliphatic heterocycles. The summed E-state index contributed by atoms with van der Waals surface area (Å²) in [5.41, 5.74) is 2.99. The normalized spacial score (nSPS) is 15.2. The molecule has 8 nitrogen and oxygen atoms in total. The Hall–Kier alpha value is -3.35. The van der Waals surface area contributed by atoms with Crippen molar-refractivity contribution in [2.75, 3.05) is 24.6 Å². The molecule has 1 amide bonds. The summed E-state index contributed by atoms with van der Waals surface area (Å²) >= 11 is 6.16. The second-order valence-corrected chi connectivity index (χ2v) is 10.5. The van der Waals surface area contributed by atoms with Gasteiger partial charge in [-0.2, -0.15) is 10.4 Å². The Kier molecular flexibility index (Phi) is 6.15. The Labute approximate surface area is 196 Å². The highest BCUT2D eigenvalue weighted by molar-refractivity contribution is 7.91. The third kappa shape index (κ3) is 4.72. The molecular weight excluding hydrogens is 464 g/mol. The maximum atomic E-state index is 12.7.